The second-order valence-corrected chi connectivity index (χ2v) is 4.80. The van der Waals surface area contributed by atoms with E-state index in [0.29, 0.717) is 6.04 Å². The van der Waals surface area contributed by atoms with E-state index in [1.54, 1.807) is 22.7 Å². The SMILES string of the molecule is C[C@H](NCc1cscn1)c1cccs1. The van der Waals surface area contributed by atoms with Crippen LogP contribution in [0.3, 0.4) is 0 Å². The third-order valence-corrected chi connectivity index (χ3v) is 3.73. The van der Waals surface area contributed by atoms with E-state index in [2.05, 4.69) is 40.1 Å². The van der Waals surface area contributed by atoms with Crippen LogP contribution in [0.25, 0.3) is 0 Å². The molecule has 0 radical (unpaired) electrons. The fourth-order valence-electron chi connectivity index (χ4n) is 1.22. The molecular weight excluding hydrogens is 212 g/mol. The van der Waals surface area contributed by atoms with Crippen molar-refractivity contribution in [2.75, 3.05) is 0 Å². The lowest BCUT2D eigenvalue weighted by Crippen LogP contribution is -2.17. The first-order valence-electron chi connectivity index (χ1n) is 4.50. The molecule has 0 amide bonds. The molecule has 0 bridgehead atoms. The molecule has 0 aliphatic carbocycles. The minimum Gasteiger partial charge on any atom is -0.304 e. The van der Waals surface area contributed by atoms with Crippen molar-refractivity contribution in [2.45, 2.75) is 19.5 Å². The number of hydrogen-bond donors (Lipinski definition) is 1. The van der Waals surface area contributed by atoms with Gasteiger partial charge < -0.3 is 5.32 Å². The Morgan fingerprint density at radius 1 is 1.57 bits per heavy atom. The highest BCUT2D eigenvalue weighted by Gasteiger charge is 2.05. The van der Waals surface area contributed by atoms with Crippen molar-refractivity contribution in [2.24, 2.45) is 0 Å². The van der Waals surface area contributed by atoms with Gasteiger partial charge in [0.2, 0.25) is 0 Å². The van der Waals surface area contributed by atoms with E-state index in [4.69, 9.17) is 0 Å². The van der Waals surface area contributed by atoms with Gasteiger partial charge in [0.15, 0.2) is 0 Å². The number of thiazole rings is 1. The third-order valence-electron chi connectivity index (χ3n) is 2.04. The highest BCUT2D eigenvalue weighted by molar-refractivity contribution is 7.10. The molecule has 2 nitrogen and oxygen atoms in total. The maximum absolute atomic E-state index is 4.23. The molecule has 0 unspecified atom stereocenters. The highest BCUT2D eigenvalue weighted by Crippen LogP contribution is 2.18. The molecule has 2 heterocycles. The Hall–Kier alpha value is -0.710. The van der Waals surface area contributed by atoms with Gasteiger partial charge in [-0.25, -0.2) is 4.98 Å². The Bertz CT molecular complexity index is 353. The summed E-state index contributed by atoms with van der Waals surface area (Å²) in [5.74, 6) is 0. The van der Waals surface area contributed by atoms with Crippen molar-refractivity contribution in [3.8, 4) is 0 Å². The predicted octanol–water partition coefficient (Wildman–Crippen LogP) is 3.06. The average molecular weight is 224 g/mol. The molecule has 0 saturated heterocycles. The Morgan fingerprint density at radius 2 is 2.50 bits per heavy atom. The fraction of sp³-hybridized carbons (Fsp3) is 0.300. The van der Waals surface area contributed by atoms with Crippen LogP contribution in [0.15, 0.2) is 28.4 Å². The lowest BCUT2D eigenvalue weighted by atomic mass is 10.2. The van der Waals surface area contributed by atoms with Crippen LogP contribution >= 0.6 is 22.7 Å². The first-order valence-corrected chi connectivity index (χ1v) is 6.32. The van der Waals surface area contributed by atoms with Crippen molar-refractivity contribution in [1.82, 2.24) is 10.3 Å². The number of thiophene rings is 1. The van der Waals surface area contributed by atoms with Gasteiger partial charge in [-0.2, -0.15) is 0 Å². The summed E-state index contributed by atoms with van der Waals surface area (Å²) in [4.78, 5) is 5.60. The standard InChI is InChI=1S/C10H12N2S2/c1-8(10-3-2-4-14-10)11-5-9-6-13-7-12-9/h2-4,6-8,11H,5H2,1H3/t8-/m0/s1. The summed E-state index contributed by atoms with van der Waals surface area (Å²) in [6, 6.07) is 4.65. The molecule has 1 N–H and O–H groups in total. The lowest BCUT2D eigenvalue weighted by molar-refractivity contribution is 0.577. The number of aromatic nitrogens is 1. The van der Waals surface area contributed by atoms with E-state index >= 15 is 0 Å². The van der Waals surface area contributed by atoms with Gasteiger partial charge in [-0.15, -0.1) is 22.7 Å². The third kappa shape index (κ3) is 2.41. The summed E-state index contributed by atoms with van der Waals surface area (Å²) < 4.78 is 0. The zero-order valence-corrected chi connectivity index (χ0v) is 9.57. The van der Waals surface area contributed by atoms with E-state index in [1.807, 2.05) is 5.51 Å². The van der Waals surface area contributed by atoms with Crippen LogP contribution in [0.5, 0.6) is 0 Å². The van der Waals surface area contributed by atoms with Crippen molar-refractivity contribution in [3.63, 3.8) is 0 Å². The summed E-state index contributed by atoms with van der Waals surface area (Å²) in [5, 5.41) is 7.63. The van der Waals surface area contributed by atoms with Crippen LogP contribution in [0, 0.1) is 0 Å². The maximum Gasteiger partial charge on any atom is 0.0795 e. The minimum atomic E-state index is 0.414. The van der Waals surface area contributed by atoms with Gasteiger partial charge in [0.1, 0.15) is 0 Å². The number of nitrogens with one attached hydrogen (secondary N) is 1. The Labute approximate surface area is 91.6 Å². The summed E-state index contributed by atoms with van der Waals surface area (Å²) in [6.07, 6.45) is 0. The van der Waals surface area contributed by atoms with E-state index < -0.39 is 0 Å². The quantitative estimate of drug-likeness (QED) is 0.863. The maximum atomic E-state index is 4.23. The molecule has 0 aromatic carbocycles. The van der Waals surface area contributed by atoms with E-state index in [9.17, 15) is 0 Å². The van der Waals surface area contributed by atoms with Gasteiger partial charge >= 0.3 is 0 Å². The molecule has 2 aromatic rings. The van der Waals surface area contributed by atoms with E-state index in [0.717, 1.165) is 12.2 Å². The molecule has 2 rings (SSSR count). The summed E-state index contributed by atoms with van der Waals surface area (Å²) in [6.45, 7) is 3.03. The lowest BCUT2D eigenvalue weighted by Gasteiger charge is -2.10. The molecule has 0 spiro atoms. The zero-order valence-electron chi connectivity index (χ0n) is 7.93. The summed E-state index contributed by atoms with van der Waals surface area (Å²) in [5.41, 5.74) is 2.99. The van der Waals surface area contributed by atoms with Gasteiger partial charge in [-0.3, -0.25) is 0 Å². The molecule has 74 valence electrons. The fourth-order valence-corrected chi connectivity index (χ4v) is 2.54. The monoisotopic (exact) mass is 224 g/mol. The Kier molecular flexibility index (Phi) is 3.29. The van der Waals surface area contributed by atoms with Crippen molar-refractivity contribution < 1.29 is 0 Å². The van der Waals surface area contributed by atoms with Crippen LogP contribution in [0.2, 0.25) is 0 Å². The summed E-state index contributed by atoms with van der Waals surface area (Å²) >= 11 is 3.43. The van der Waals surface area contributed by atoms with Crippen molar-refractivity contribution >= 4 is 22.7 Å². The van der Waals surface area contributed by atoms with Crippen LogP contribution < -0.4 is 5.32 Å². The smallest absolute Gasteiger partial charge is 0.0795 e. The Balaban J connectivity index is 1.87. The first-order chi connectivity index (χ1) is 6.86. The normalized spacial score (nSPS) is 12.9. The van der Waals surface area contributed by atoms with E-state index in [-0.39, 0.29) is 0 Å². The Morgan fingerprint density at radius 3 is 3.14 bits per heavy atom. The predicted molar refractivity (Wildman–Crippen MR) is 61.7 cm³/mol. The molecule has 2 aromatic heterocycles. The molecule has 0 fully saturated rings. The van der Waals surface area contributed by atoms with Gasteiger partial charge in [0.25, 0.3) is 0 Å². The highest BCUT2D eigenvalue weighted by atomic mass is 32.1. The second kappa shape index (κ2) is 4.68. The van der Waals surface area contributed by atoms with Gasteiger partial charge in [-0.1, -0.05) is 6.07 Å². The number of rotatable bonds is 4. The molecule has 4 heteroatoms. The van der Waals surface area contributed by atoms with Gasteiger partial charge in [-0.05, 0) is 18.4 Å². The summed E-state index contributed by atoms with van der Waals surface area (Å²) in [7, 11) is 0. The molecular formula is C10H12N2S2. The van der Waals surface area contributed by atoms with Gasteiger partial charge in [0.05, 0.1) is 11.2 Å². The van der Waals surface area contributed by atoms with E-state index in [1.165, 1.54) is 4.88 Å². The average Bonchev–Trinajstić information content (AvgIpc) is 2.87. The topological polar surface area (TPSA) is 24.9 Å². The molecule has 0 aliphatic rings. The van der Waals surface area contributed by atoms with Crippen molar-refractivity contribution in [1.29, 1.82) is 0 Å². The minimum absolute atomic E-state index is 0.414. The molecule has 14 heavy (non-hydrogen) atoms. The molecule has 0 saturated carbocycles. The van der Waals surface area contributed by atoms with Crippen LogP contribution in [0.4, 0.5) is 0 Å². The number of hydrogen-bond acceptors (Lipinski definition) is 4. The largest absolute Gasteiger partial charge is 0.304 e. The van der Waals surface area contributed by atoms with Gasteiger partial charge in [0, 0.05) is 22.8 Å². The van der Waals surface area contributed by atoms with Crippen molar-refractivity contribution in [3.05, 3.63) is 39.0 Å². The molecule has 1 atom stereocenters. The first kappa shape index (κ1) is 9.83. The second-order valence-electron chi connectivity index (χ2n) is 3.10. The van der Waals surface area contributed by atoms with Crippen LogP contribution in [-0.2, 0) is 6.54 Å². The van der Waals surface area contributed by atoms with Crippen LogP contribution in [0.1, 0.15) is 23.5 Å². The van der Waals surface area contributed by atoms with Crippen LogP contribution in [-0.4, -0.2) is 4.98 Å². The zero-order chi connectivity index (χ0) is 9.80. The number of nitrogens with zero attached hydrogens (tertiary/aromatic N) is 1. The molecule has 0 aliphatic heterocycles.